The van der Waals surface area contributed by atoms with Gasteiger partial charge in [0, 0.05) is 55.6 Å². The largest absolute Gasteiger partial charge is 0.346 e. The van der Waals surface area contributed by atoms with Crippen molar-refractivity contribution in [1.82, 2.24) is 39.5 Å². The number of H-pyrrole nitrogens is 1. The quantitative estimate of drug-likeness (QED) is 0.469. The summed E-state index contributed by atoms with van der Waals surface area (Å²) in [6.07, 6.45) is 9.26. The van der Waals surface area contributed by atoms with Crippen LogP contribution in [0.25, 0.3) is 22.3 Å². The van der Waals surface area contributed by atoms with Crippen molar-refractivity contribution in [2.45, 2.75) is 18.9 Å². The molecule has 0 unspecified atom stereocenters. The Morgan fingerprint density at radius 3 is 2.79 bits per heavy atom. The van der Waals surface area contributed by atoms with E-state index in [9.17, 15) is 4.79 Å². The van der Waals surface area contributed by atoms with Crippen molar-refractivity contribution in [3.8, 4) is 11.3 Å². The Hall–Kier alpha value is -3.30. The summed E-state index contributed by atoms with van der Waals surface area (Å²) < 4.78 is 1.97. The predicted molar refractivity (Wildman–Crippen MR) is 123 cm³/mol. The lowest BCUT2D eigenvalue weighted by Gasteiger charge is -2.46. The van der Waals surface area contributed by atoms with Crippen LogP contribution in [0, 0.1) is 6.04 Å². The van der Waals surface area contributed by atoms with Gasteiger partial charge >= 0.3 is 0 Å². The van der Waals surface area contributed by atoms with Crippen LogP contribution in [-0.2, 0) is 0 Å². The summed E-state index contributed by atoms with van der Waals surface area (Å²) in [5, 5.41) is 5.91. The van der Waals surface area contributed by atoms with Crippen molar-refractivity contribution in [3.63, 3.8) is 0 Å². The lowest BCUT2D eigenvalue weighted by atomic mass is 9.97. The highest BCUT2D eigenvalue weighted by Gasteiger charge is 2.37. The van der Waals surface area contributed by atoms with Gasteiger partial charge in [-0.2, -0.15) is 5.10 Å². The Kier molecular flexibility index (Phi) is 5.07. The molecule has 33 heavy (non-hydrogen) atoms. The van der Waals surface area contributed by atoms with Crippen LogP contribution >= 0.6 is 11.6 Å². The molecule has 9 nitrogen and oxygen atoms in total. The van der Waals surface area contributed by atoms with E-state index in [1.54, 1.807) is 24.5 Å². The molecule has 10 heteroatoms. The summed E-state index contributed by atoms with van der Waals surface area (Å²) in [6, 6.07) is 8.89. The van der Waals surface area contributed by atoms with Gasteiger partial charge in [-0.05, 0) is 31.0 Å². The van der Waals surface area contributed by atoms with Crippen LogP contribution in [0.15, 0.2) is 49.2 Å². The second kappa shape index (κ2) is 8.24. The minimum Gasteiger partial charge on any atom is -0.346 e. The van der Waals surface area contributed by atoms with Crippen LogP contribution in [0.3, 0.4) is 0 Å². The number of aromatic nitrogens is 6. The SMILES string of the molecule is O=C(c1cccc(Cl)n1)N1CCC(N2C[C](n3cc(-c4ncnc5[nH]ccc45)cn3)C2)CC1. The van der Waals surface area contributed by atoms with Crippen LogP contribution in [0.5, 0.6) is 0 Å². The minimum atomic E-state index is -0.0443. The molecule has 1 N–H and O–H groups in total. The van der Waals surface area contributed by atoms with E-state index in [0.717, 1.165) is 61.3 Å². The van der Waals surface area contributed by atoms with Gasteiger partial charge in [0.2, 0.25) is 0 Å². The average molecular weight is 462 g/mol. The monoisotopic (exact) mass is 461 g/mol. The summed E-state index contributed by atoms with van der Waals surface area (Å²) in [7, 11) is 0. The molecule has 2 aliphatic rings. The molecule has 1 amide bonds. The van der Waals surface area contributed by atoms with E-state index >= 15 is 0 Å². The van der Waals surface area contributed by atoms with Crippen LogP contribution in [0.4, 0.5) is 0 Å². The second-order valence-corrected chi connectivity index (χ2v) is 8.86. The first kappa shape index (κ1) is 20.3. The van der Waals surface area contributed by atoms with Gasteiger partial charge in [-0.25, -0.2) is 15.0 Å². The minimum absolute atomic E-state index is 0.0443. The Bertz CT molecular complexity index is 1300. The first-order valence-electron chi connectivity index (χ1n) is 11.0. The standard InChI is InChI=1S/C23H22ClN8O/c24-20-3-1-2-19(29-20)23(33)30-8-5-16(6-9-30)31-12-17(13-31)32-11-15(10-28-32)21-18-4-7-25-22(18)27-14-26-21/h1-4,7,10-11,14,16H,5-6,8-9,12-13H2,(H,25,26,27). The number of carbonyl (C=O) groups is 1. The number of hydrogen-bond acceptors (Lipinski definition) is 6. The number of hydrogen-bond donors (Lipinski definition) is 1. The number of pyridine rings is 1. The van der Waals surface area contributed by atoms with Crippen molar-refractivity contribution >= 4 is 28.5 Å². The van der Waals surface area contributed by atoms with Crippen LogP contribution in [-0.4, -0.2) is 77.6 Å². The molecule has 167 valence electrons. The van der Waals surface area contributed by atoms with E-state index in [1.807, 2.05) is 34.2 Å². The van der Waals surface area contributed by atoms with Crippen molar-refractivity contribution in [2.24, 2.45) is 0 Å². The zero-order valence-corrected chi connectivity index (χ0v) is 18.6. The number of rotatable bonds is 4. The number of nitrogens with one attached hydrogen (secondary N) is 1. The highest BCUT2D eigenvalue weighted by Crippen LogP contribution is 2.30. The fourth-order valence-corrected chi connectivity index (χ4v) is 4.83. The number of aromatic amines is 1. The molecule has 6 heterocycles. The summed E-state index contributed by atoms with van der Waals surface area (Å²) in [6.45, 7) is 3.24. The lowest BCUT2D eigenvalue weighted by Crippen LogP contribution is -2.56. The van der Waals surface area contributed by atoms with Crippen molar-refractivity contribution in [2.75, 3.05) is 26.2 Å². The molecule has 2 fully saturated rings. The molecule has 4 aromatic heterocycles. The molecule has 2 aliphatic heterocycles. The number of likely N-dealkylation sites (tertiary alicyclic amines) is 2. The van der Waals surface area contributed by atoms with E-state index in [-0.39, 0.29) is 5.91 Å². The van der Waals surface area contributed by atoms with Gasteiger partial charge in [-0.3, -0.25) is 14.4 Å². The molecule has 0 aliphatic carbocycles. The van der Waals surface area contributed by atoms with Gasteiger partial charge in [-0.15, -0.1) is 0 Å². The molecular weight excluding hydrogens is 440 g/mol. The average Bonchev–Trinajstić information content (AvgIpc) is 3.48. The molecule has 0 bridgehead atoms. The smallest absolute Gasteiger partial charge is 0.272 e. The third-order valence-corrected chi connectivity index (χ3v) is 6.72. The molecular formula is C23H22ClN8O. The van der Waals surface area contributed by atoms with Gasteiger partial charge < -0.3 is 9.88 Å². The van der Waals surface area contributed by atoms with E-state index < -0.39 is 0 Å². The maximum atomic E-state index is 12.7. The Morgan fingerprint density at radius 2 is 1.97 bits per heavy atom. The number of piperidine rings is 1. The third kappa shape index (κ3) is 3.77. The number of fused-ring (bicyclic) bond motifs is 1. The normalized spacial score (nSPS) is 18.0. The number of carbonyl (C=O) groups excluding carboxylic acids is 1. The highest BCUT2D eigenvalue weighted by atomic mass is 35.5. The van der Waals surface area contributed by atoms with Gasteiger partial charge in [-0.1, -0.05) is 17.7 Å². The molecule has 0 aromatic carbocycles. The van der Waals surface area contributed by atoms with Gasteiger partial charge in [0.25, 0.3) is 5.91 Å². The zero-order chi connectivity index (χ0) is 22.4. The maximum absolute atomic E-state index is 12.7. The first-order chi connectivity index (χ1) is 16.2. The predicted octanol–water partition coefficient (Wildman–Crippen LogP) is 2.87. The highest BCUT2D eigenvalue weighted by molar-refractivity contribution is 6.29. The Morgan fingerprint density at radius 1 is 1.12 bits per heavy atom. The summed E-state index contributed by atoms with van der Waals surface area (Å²) in [5.41, 5.74) is 3.10. The first-order valence-corrected chi connectivity index (χ1v) is 11.4. The number of amides is 1. The van der Waals surface area contributed by atoms with Crippen LogP contribution in [0.2, 0.25) is 5.15 Å². The van der Waals surface area contributed by atoms with Gasteiger partial charge in [0.15, 0.2) is 0 Å². The topological polar surface area (TPSA) is 95.8 Å². The van der Waals surface area contributed by atoms with Crippen LogP contribution in [0.1, 0.15) is 23.3 Å². The van der Waals surface area contributed by atoms with Crippen molar-refractivity contribution in [1.29, 1.82) is 0 Å². The fraction of sp³-hybridized carbons (Fsp3) is 0.304. The van der Waals surface area contributed by atoms with Gasteiger partial charge in [0.1, 0.15) is 28.9 Å². The summed E-state index contributed by atoms with van der Waals surface area (Å²) in [5.74, 6) is -0.0443. The molecule has 6 rings (SSSR count). The van der Waals surface area contributed by atoms with Gasteiger partial charge in [0.05, 0.1) is 11.9 Å². The van der Waals surface area contributed by atoms with E-state index in [2.05, 4.69) is 29.9 Å². The maximum Gasteiger partial charge on any atom is 0.272 e. The molecule has 1 radical (unpaired) electrons. The van der Waals surface area contributed by atoms with E-state index in [1.165, 1.54) is 6.04 Å². The van der Waals surface area contributed by atoms with Crippen LogP contribution < -0.4 is 0 Å². The molecule has 4 aromatic rings. The fourth-order valence-electron chi connectivity index (χ4n) is 4.67. The summed E-state index contributed by atoms with van der Waals surface area (Å²) in [4.78, 5) is 33.0. The second-order valence-electron chi connectivity index (χ2n) is 8.48. The van der Waals surface area contributed by atoms with E-state index in [4.69, 9.17) is 11.6 Å². The third-order valence-electron chi connectivity index (χ3n) is 6.51. The zero-order valence-electron chi connectivity index (χ0n) is 17.9. The molecule has 0 atom stereocenters. The lowest BCUT2D eigenvalue weighted by molar-refractivity contribution is 0.0511. The van der Waals surface area contributed by atoms with Crippen molar-refractivity contribution in [3.05, 3.63) is 66.1 Å². The molecule has 2 saturated heterocycles. The van der Waals surface area contributed by atoms with E-state index in [0.29, 0.717) is 16.9 Å². The number of nitrogens with zero attached hydrogens (tertiary/aromatic N) is 7. The Labute approximate surface area is 195 Å². The van der Waals surface area contributed by atoms with Crippen molar-refractivity contribution < 1.29 is 4.79 Å². The molecule has 0 spiro atoms. The Balaban J connectivity index is 1.05. The number of halogens is 1. The summed E-state index contributed by atoms with van der Waals surface area (Å²) >= 11 is 5.93. The molecule has 0 saturated carbocycles.